The Morgan fingerprint density at radius 3 is 2.00 bits per heavy atom. The van der Waals surface area contributed by atoms with Crippen molar-refractivity contribution in [3.8, 4) is 0 Å². The first-order valence-corrected chi connectivity index (χ1v) is 6.65. The maximum Gasteiger partial charge on any atom is 0.293 e. The molecule has 16 heavy (non-hydrogen) atoms. The third-order valence-corrected chi connectivity index (χ3v) is 3.73. The predicted molar refractivity (Wildman–Crippen MR) is 67.2 cm³/mol. The summed E-state index contributed by atoms with van der Waals surface area (Å²) in [7, 11) is 0. The summed E-state index contributed by atoms with van der Waals surface area (Å²) < 4.78 is 5.90. The van der Waals surface area contributed by atoms with Crippen molar-refractivity contribution in [2.75, 3.05) is 32.8 Å². The average molecular weight is 230 g/mol. The van der Waals surface area contributed by atoms with Crippen LogP contribution < -0.4 is 0 Å². The van der Waals surface area contributed by atoms with E-state index in [0.717, 1.165) is 6.42 Å². The van der Waals surface area contributed by atoms with Crippen molar-refractivity contribution in [1.82, 2.24) is 0 Å². The van der Waals surface area contributed by atoms with Crippen molar-refractivity contribution < 1.29 is 14.0 Å². The topological polar surface area (TPSA) is 26.3 Å². The summed E-state index contributed by atoms with van der Waals surface area (Å²) in [6, 6.07) is 0. The summed E-state index contributed by atoms with van der Waals surface area (Å²) in [5.74, 6) is 0. The van der Waals surface area contributed by atoms with Crippen molar-refractivity contribution in [3.05, 3.63) is 0 Å². The molecule has 3 heteroatoms. The van der Waals surface area contributed by atoms with E-state index >= 15 is 0 Å². The number of hydrogen-bond acceptors (Lipinski definition) is 2. The van der Waals surface area contributed by atoms with Crippen molar-refractivity contribution in [2.24, 2.45) is 0 Å². The fourth-order valence-corrected chi connectivity index (χ4v) is 2.18. The lowest BCUT2D eigenvalue weighted by Crippen LogP contribution is -2.48. The van der Waals surface area contributed by atoms with Gasteiger partial charge in [0.2, 0.25) is 0 Å². The van der Waals surface area contributed by atoms with E-state index in [2.05, 4.69) is 25.5 Å². The van der Waals surface area contributed by atoms with E-state index in [4.69, 9.17) is 0 Å². The first-order valence-electron chi connectivity index (χ1n) is 6.65. The van der Waals surface area contributed by atoms with E-state index in [9.17, 15) is 4.79 Å². The van der Waals surface area contributed by atoms with Crippen molar-refractivity contribution >= 4 is 6.47 Å². The van der Waals surface area contributed by atoms with Crippen LogP contribution in [0.25, 0.3) is 0 Å². The van der Waals surface area contributed by atoms with Crippen LogP contribution in [0, 0.1) is 0 Å². The number of ether oxygens (including phenoxy) is 1. The number of quaternary nitrogens is 1. The molecule has 0 N–H and O–H groups in total. The largest absolute Gasteiger partial charge is 0.468 e. The van der Waals surface area contributed by atoms with Gasteiger partial charge in [-0.05, 0) is 46.5 Å². The summed E-state index contributed by atoms with van der Waals surface area (Å²) in [6.07, 6.45) is 4.72. The highest BCUT2D eigenvalue weighted by molar-refractivity contribution is 5.36. The van der Waals surface area contributed by atoms with Gasteiger partial charge in [-0.15, -0.1) is 0 Å². The van der Waals surface area contributed by atoms with Crippen LogP contribution >= 0.6 is 0 Å². The van der Waals surface area contributed by atoms with Crippen LogP contribution in [0.4, 0.5) is 0 Å². The molecule has 0 radical (unpaired) electrons. The molecule has 0 heterocycles. The minimum Gasteiger partial charge on any atom is -0.468 e. The molecule has 0 saturated heterocycles. The van der Waals surface area contributed by atoms with Gasteiger partial charge >= 0.3 is 0 Å². The van der Waals surface area contributed by atoms with Gasteiger partial charge in [-0.25, -0.2) is 0 Å². The van der Waals surface area contributed by atoms with Gasteiger partial charge in [0.25, 0.3) is 6.47 Å². The number of hydrogen-bond donors (Lipinski definition) is 0. The monoisotopic (exact) mass is 230 g/mol. The zero-order chi connectivity index (χ0) is 12.3. The number of unbranched alkanes of at least 4 members (excludes halogenated alkanes) is 3. The van der Waals surface area contributed by atoms with Crippen LogP contribution in [0.3, 0.4) is 0 Å². The molecule has 0 bridgehead atoms. The third kappa shape index (κ3) is 6.11. The molecule has 0 atom stereocenters. The maximum absolute atomic E-state index is 9.92. The first-order chi connectivity index (χ1) is 7.74. The highest BCUT2D eigenvalue weighted by Gasteiger charge is 2.19. The average Bonchev–Trinajstić information content (AvgIpc) is 2.34. The molecule has 3 nitrogen and oxygen atoms in total. The third-order valence-electron chi connectivity index (χ3n) is 3.73. The van der Waals surface area contributed by atoms with Crippen LogP contribution in [-0.4, -0.2) is 43.7 Å². The lowest BCUT2D eigenvalue weighted by Gasteiger charge is -2.35. The molecular weight excluding hydrogens is 202 g/mol. The van der Waals surface area contributed by atoms with Gasteiger partial charge in [0, 0.05) is 0 Å². The van der Waals surface area contributed by atoms with Gasteiger partial charge < -0.3 is 9.22 Å². The summed E-state index contributed by atoms with van der Waals surface area (Å²) in [4.78, 5) is 9.92. The number of rotatable bonds is 11. The smallest absolute Gasteiger partial charge is 0.293 e. The Balaban J connectivity index is 3.51. The highest BCUT2D eigenvalue weighted by atomic mass is 16.5. The molecular formula is C13H28NO2+. The Labute approximate surface area is 100 Å². The Bertz CT molecular complexity index is 159. The highest BCUT2D eigenvalue weighted by Crippen LogP contribution is 2.10. The lowest BCUT2D eigenvalue weighted by atomic mass is 10.1. The van der Waals surface area contributed by atoms with Crippen molar-refractivity contribution in [3.63, 3.8) is 0 Å². The van der Waals surface area contributed by atoms with Crippen LogP contribution in [0.15, 0.2) is 0 Å². The summed E-state index contributed by atoms with van der Waals surface area (Å²) in [5.41, 5.74) is 0. The molecule has 0 aliphatic carbocycles. The number of carbonyl (C=O) groups excluding carboxylic acids is 1. The van der Waals surface area contributed by atoms with E-state index < -0.39 is 0 Å². The maximum atomic E-state index is 9.92. The first kappa shape index (κ1) is 15.4. The molecule has 0 rings (SSSR count). The minimum atomic E-state index is 0.535. The molecule has 0 aliphatic rings. The summed E-state index contributed by atoms with van der Waals surface area (Å²) in [6.45, 7) is 13.0. The van der Waals surface area contributed by atoms with Gasteiger partial charge in [0.15, 0.2) is 0 Å². The van der Waals surface area contributed by atoms with E-state index in [0.29, 0.717) is 13.1 Å². The second kappa shape index (κ2) is 9.64. The zero-order valence-electron chi connectivity index (χ0n) is 11.2. The molecule has 96 valence electrons. The van der Waals surface area contributed by atoms with Gasteiger partial charge in [-0.1, -0.05) is 0 Å². The number of nitrogens with zero attached hydrogens (tertiary/aromatic N) is 1. The molecule has 0 saturated carbocycles. The van der Waals surface area contributed by atoms with Crippen LogP contribution in [0.5, 0.6) is 0 Å². The van der Waals surface area contributed by atoms with Crippen molar-refractivity contribution in [1.29, 1.82) is 0 Å². The van der Waals surface area contributed by atoms with Gasteiger partial charge in [0.05, 0.1) is 32.8 Å². The SMILES string of the molecule is CC[N+](CC)(CC)CCCCCCOC=O. The van der Waals surface area contributed by atoms with Crippen LogP contribution in [0.2, 0.25) is 0 Å². The minimum absolute atomic E-state index is 0.535. The fraction of sp³-hybridized carbons (Fsp3) is 0.923. The van der Waals surface area contributed by atoms with E-state index in [1.165, 1.54) is 49.9 Å². The molecule has 0 fully saturated rings. The van der Waals surface area contributed by atoms with Crippen molar-refractivity contribution in [2.45, 2.75) is 46.5 Å². The second-order valence-electron chi connectivity index (χ2n) is 4.40. The Kier molecular flexibility index (Phi) is 9.30. The van der Waals surface area contributed by atoms with Gasteiger partial charge in [-0.2, -0.15) is 0 Å². The number of carbonyl (C=O) groups is 1. The lowest BCUT2D eigenvalue weighted by molar-refractivity contribution is -0.923. The van der Waals surface area contributed by atoms with E-state index in [1.807, 2.05) is 0 Å². The Morgan fingerprint density at radius 1 is 0.938 bits per heavy atom. The Morgan fingerprint density at radius 2 is 1.50 bits per heavy atom. The van der Waals surface area contributed by atoms with E-state index in [1.54, 1.807) is 0 Å². The zero-order valence-corrected chi connectivity index (χ0v) is 11.2. The molecule has 0 spiro atoms. The van der Waals surface area contributed by atoms with Gasteiger partial charge in [-0.3, -0.25) is 4.79 Å². The molecule has 0 aromatic heterocycles. The van der Waals surface area contributed by atoms with Crippen LogP contribution in [0.1, 0.15) is 46.5 Å². The molecule has 0 aromatic rings. The molecule has 0 aliphatic heterocycles. The molecule has 0 amide bonds. The van der Waals surface area contributed by atoms with E-state index in [-0.39, 0.29) is 0 Å². The van der Waals surface area contributed by atoms with Crippen LogP contribution in [-0.2, 0) is 9.53 Å². The Hall–Kier alpha value is -0.570. The quantitative estimate of drug-likeness (QED) is 0.310. The standard InChI is InChI=1S/C13H28NO2/c1-4-14(5-2,6-3)11-9-7-8-10-12-16-13-15/h13H,4-12H2,1-3H3/q+1. The fourth-order valence-electron chi connectivity index (χ4n) is 2.18. The molecule has 0 unspecified atom stereocenters. The summed E-state index contributed by atoms with van der Waals surface area (Å²) in [5, 5.41) is 0. The second-order valence-corrected chi connectivity index (χ2v) is 4.40. The normalized spacial score (nSPS) is 11.4. The molecule has 0 aromatic carbocycles. The van der Waals surface area contributed by atoms with Gasteiger partial charge in [0.1, 0.15) is 0 Å². The summed E-state index contributed by atoms with van der Waals surface area (Å²) >= 11 is 0. The predicted octanol–water partition coefficient (Wildman–Crippen LogP) is 2.60.